The standard InChI is InChI=1S/C16H24N2O2/c1-3-12-6-4-7-13(10-12)17-14-8-5-9-15(11-14)18-16(19)20-2/h5,8-9,11-13,17H,3-4,6-7,10H2,1-2H3,(H,18,19). The minimum absolute atomic E-state index is 0.439. The van der Waals surface area contributed by atoms with Crippen molar-refractivity contribution in [1.82, 2.24) is 0 Å². The first-order valence-corrected chi connectivity index (χ1v) is 7.42. The minimum Gasteiger partial charge on any atom is -0.453 e. The Hall–Kier alpha value is -1.71. The highest BCUT2D eigenvalue weighted by atomic mass is 16.5. The molecule has 0 aliphatic heterocycles. The molecule has 1 saturated carbocycles. The number of methoxy groups -OCH3 is 1. The van der Waals surface area contributed by atoms with Gasteiger partial charge in [-0.2, -0.15) is 0 Å². The molecule has 4 nitrogen and oxygen atoms in total. The van der Waals surface area contributed by atoms with Crippen LogP contribution in [0.15, 0.2) is 24.3 Å². The molecule has 2 N–H and O–H groups in total. The van der Waals surface area contributed by atoms with Gasteiger partial charge in [0, 0.05) is 17.4 Å². The zero-order valence-corrected chi connectivity index (χ0v) is 12.3. The number of anilines is 2. The summed E-state index contributed by atoms with van der Waals surface area (Å²) in [6, 6.07) is 8.33. The van der Waals surface area contributed by atoms with Crippen LogP contribution in [-0.2, 0) is 4.74 Å². The number of benzene rings is 1. The van der Waals surface area contributed by atoms with Crippen molar-refractivity contribution in [3.8, 4) is 0 Å². The predicted octanol–water partition coefficient (Wildman–Crippen LogP) is 4.25. The Morgan fingerprint density at radius 2 is 2.15 bits per heavy atom. The lowest BCUT2D eigenvalue weighted by Gasteiger charge is -2.30. The maximum Gasteiger partial charge on any atom is 0.411 e. The molecule has 0 aromatic heterocycles. The van der Waals surface area contributed by atoms with Gasteiger partial charge < -0.3 is 10.1 Å². The van der Waals surface area contributed by atoms with Crippen LogP contribution in [0.1, 0.15) is 39.0 Å². The Kier molecular flexibility index (Phi) is 5.27. The van der Waals surface area contributed by atoms with E-state index < -0.39 is 6.09 Å². The van der Waals surface area contributed by atoms with E-state index in [9.17, 15) is 4.79 Å². The molecule has 20 heavy (non-hydrogen) atoms. The zero-order chi connectivity index (χ0) is 14.4. The van der Waals surface area contributed by atoms with Gasteiger partial charge in [0.05, 0.1) is 7.11 Å². The van der Waals surface area contributed by atoms with E-state index in [1.54, 1.807) is 0 Å². The van der Waals surface area contributed by atoms with Crippen molar-refractivity contribution in [3.63, 3.8) is 0 Å². The molecule has 2 unspecified atom stereocenters. The fourth-order valence-electron chi connectivity index (χ4n) is 2.88. The van der Waals surface area contributed by atoms with Gasteiger partial charge in [0.15, 0.2) is 0 Å². The highest BCUT2D eigenvalue weighted by Gasteiger charge is 2.20. The maximum atomic E-state index is 11.2. The first kappa shape index (κ1) is 14.7. The van der Waals surface area contributed by atoms with Gasteiger partial charge in [0.1, 0.15) is 0 Å². The van der Waals surface area contributed by atoms with Gasteiger partial charge in [0.25, 0.3) is 0 Å². The van der Waals surface area contributed by atoms with E-state index in [0.29, 0.717) is 6.04 Å². The second-order valence-corrected chi connectivity index (χ2v) is 5.48. The molecule has 0 saturated heterocycles. The van der Waals surface area contributed by atoms with Gasteiger partial charge >= 0.3 is 6.09 Å². The predicted molar refractivity (Wildman–Crippen MR) is 82.1 cm³/mol. The lowest BCUT2D eigenvalue weighted by Crippen LogP contribution is -2.27. The van der Waals surface area contributed by atoms with E-state index in [0.717, 1.165) is 17.3 Å². The number of hydrogen-bond acceptors (Lipinski definition) is 3. The summed E-state index contributed by atoms with van der Waals surface area (Å²) < 4.78 is 4.60. The lowest BCUT2D eigenvalue weighted by molar-refractivity contribution is 0.187. The molecule has 1 aliphatic carbocycles. The van der Waals surface area contributed by atoms with E-state index in [1.165, 1.54) is 39.2 Å². The number of amides is 1. The Morgan fingerprint density at radius 3 is 2.90 bits per heavy atom. The monoisotopic (exact) mass is 276 g/mol. The zero-order valence-electron chi connectivity index (χ0n) is 12.3. The van der Waals surface area contributed by atoms with E-state index in [1.807, 2.05) is 24.3 Å². The topological polar surface area (TPSA) is 50.4 Å². The number of carbonyl (C=O) groups is 1. The number of carbonyl (C=O) groups excluding carboxylic acids is 1. The third kappa shape index (κ3) is 4.15. The molecule has 2 atom stereocenters. The van der Waals surface area contributed by atoms with Crippen LogP contribution in [0.3, 0.4) is 0 Å². The molecule has 1 amide bonds. The Labute approximate surface area is 120 Å². The summed E-state index contributed by atoms with van der Waals surface area (Å²) in [6.45, 7) is 2.27. The summed E-state index contributed by atoms with van der Waals surface area (Å²) in [5.41, 5.74) is 1.81. The summed E-state index contributed by atoms with van der Waals surface area (Å²) in [5, 5.41) is 6.27. The van der Waals surface area contributed by atoms with Crippen molar-refractivity contribution in [1.29, 1.82) is 0 Å². The maximum absolute atomic E-state index is 11.2. The molecule has 110 valence electrons. The van der Waals surface area contributed by atoms with Crippen LogP contribution in [0, 0.1) is 5.92 Å². The molecule has 0 spiro atoms. The first-order valence-electron chi connectivity index (χ1n) is 7.42. The van der Waals surface area contributed by atoms with Crippen LogP contribution in [0.4, 0.5) is 16.2 Å². The van der Waals surface area contributed by atoms with E-state index >= 15 is 0 Å². The number of nitrogens with one attached hydrogen (secondary N) is 2. The second kappa shape index (κ2) is 7.17. The SMILES string of the molecule is CCC1CCCC(Nc2cccc(NC(=O)OC)c2)C1. The molecular weight excluding hydrogens is 252 g/mol. The summed E-state index contributed by atoms with van der Waals surface area (Å²) in [6.07, 6.45) is 5.96. The molecular formula is C16H24N2O2. The van der Waals surface area contributed by atoms with Gasteiger partial charge in [-0.05, 0) is 37.0 Å². The largest absolute Gasteiger partial charge is 0.453 e. The third-order valence-electron chi connectivity index (χ3n) is 4.03. The van der Waals surface area contributed by atoms with Crippen molar-refractivity contribution in [2.24, 2.45) is 5.92 Å². The fourth-order valence-corrected chi connectivity index (χ4v) is 2.88. The van der Waals surface area contributed by atoms with Crippen LogP contribution >= 0.6 is 0 Å². The molecule has 0 bridgehead atoms. The number of hydrogen-bond donors (Lipinski definition) is 2. The van der Waals surface area contributed by atoms with Crippen LogP contribution in [0.25, 0.3) is 0 Å². The fraction of sp³-hybridized carbons (Fsp3) is 0.562. The van der Waals surface area contributed by atoms with Crippen molar-refractivity contribution >= 4 is 17.5 Å². The third-order valence-corrected chi connectivity index (χ3v) is 4.03. The summed E-state index contributed by atoms with van der Waals surface area (Å²) >= 11 is 0. The highest BCUT2D eigenvalue weighted by molar-refractivity contribution is 5.85. The van der Waals surface area contributed by atoms with Gasteiger partial charge in [-0.3, -0.25) is 5.32 Å². The number of rotatable bonds is 4. The summed E-state index contributed by atoms with van der Waals surface area (Å²) in [5.74, 6) is 0.845. The van der Waals surface area contributed by atoms with Crippen LogP contribution < -0.4 is 10.6 Å². The van der Waals surface area contributed by atoms with Crippen LogP contribution in [-0.4, -0.2) is 19.2 Å². The Bertz CT molecular complexity index is 448. The van der Waals surface area contributed by atoms with E-state index in [4.69, 9.17) is 0 Å². The van der Waals surface area contributed by atoms with Crippen molar-refractivity contribution in [3.05, 3.63) is 24.3 Å². The van der Waals surface area contributed by atoms with Gasteiger partial charge in [-0.1, -0.05) is 32.3 Å². The molecule has 0 heterocycles. The summed E-state index contributed by atoms with van der Waals surface area (Å²) in [7, 11) is 1.37. The average Bonchev–Trinajstić information content (AvgIpc) is 2.47. The quantitative estimate of drug-likeness (QED) is 0.864. The molecule has 2 rings (SSSR count). The molecule has 1 fully saturated rings. The van der Waals surface area contributed by atoms with Gasteiger partial charge in [-0.15, -0.1) is 0 Å². The highest BCUT2D eigenvalue weighted by Crippen LogP contribution is 2.29. The minimum atomic E-state index is -0.439. The van der Waals surface area contributed by atoms with Gasteiger partial charge in [0.2, 0.25) is 0 Å². The van der Waals surface area contributed by atoms with Crippen molar-refractivity contribution in [2.75, 3.05) is 17.7 Å². The van der Waals surface area contributed by atoms with Crippen LogP contribution in [0.2, 0.25) is 0 Å². The molecule has 1 aromatic carbocycles. The molecule has 1 aromatic rings. The molecule has 1 aliphatic rings. The summed E-state index contributed by atoms with van der Waals surface area (Å²) in [4.78, 5) is 11.2. The molecule has 4 heteroatoms. The lowest BCUT2D eigenvalue weighted by atomic mass is 9.84. The van der Waals surface area contributed by atoms with E-state index in [2.05, 4.69) is 22.3 Å². The normalized spacial score (nSPS) is 22.1. The van der Waals surface area contributed by atoms with E-state index in [-0.39, 0.29) is 0 Å². The first-order chi connectivity index (χ1) is 9.71. The van der Waals surface area contributed by atoms with Crippen molar-refractivity contribution < 1.29 is 9.53 Å². The second-order valence-electron chi connectivity index (χ2n) is 5.48. The van der Waals surface area contributed by atoms with Gasteiger partial charge in [-0.25, -0.2) is 4.79 Å². The Morgan fingerprint density at radius 1 is 1.35 bits per heavy atom. The Balaban J connectivity index is 1.95. The average molecular weight is 276 g/mol. The number of ether oxygens (including phenoxy) is 1. The molecule has 0 radical (unpaired) electrons. The van der Waals surface area contributed by atoms with Crippen molar-refractivity contribution in [2.45, 2.75) is 45.1 Å². The smallest absolute Gasteiger partial charge is 0.411 e. The van der Waals surface area contributed by atoms with Crippen LogP contribution in [0.5, 0.6) is 0 Å².